The van der Waals surface area contributed by atoms with Crippen LogP contribution in [-0.4, -0.2) is 12.5 Å². The summed E-state index contributed by atoms with van der Waals surface area (Å²) in [5.41, 5.74) is 10.5. The van der Waals surface area contributed by atoms with E-state index in [9.17, 15) is 4.79 Å². The van der Waals surface area contributed by atoms with Gasteiger partial charge in [-0.1, -0.05) is 54.4 Å². The maximum atomic E-state index is 11.7. The van der Waals surface area contributed by atoms with E-state index >= 15 is 0 Å². The highest BCUT2D eigenvalue weighted by molar-refractivity contribution is 5.74. The van der Waals surface area contributed by atoms with Gasteiger partial charge in [0.05, 0.1) is 6.54 Å². The molecule has 0 saturated heterocycles. The molecule has 0 aromatic heterocycles. The van der Waals surface area contributed by atoms with E-state index < -0.39 is 0 Å². The molecule has 3 rings (SSSR count). The van der Waals surface area contributed by atoms with E-state index in [4.69, 9.17) is 10.5 Å². The second kappa shape index (κ2) is 7.16. The Kier molecular flexibility index (Phi) is 5.46. The van der Waals surface area contributed by atoms with Crippen molar-refractivity contribution in [3.8, 4) is 5.75 Å². The van der Waals surface area contributed by atoms with Crippen LogP contribution in [0.4, 0.5) is 0 Å². The van der Waals surface area contributed by atoms with Crippen LogP contribution in [0.1, 0.15) is 83.9 Å². The van der Waals surface area contributed by atoms with Crippen molar-refractivity contribution in [2.75, 3.05) is 6.54 Å². The zero-order valence-corrected chi connectivity index (χ0v) is 18.9. The number of nitrogens with two attached hydrogens (primary N) is 1. The van der Waals surface area contributed by atoms with E-state index in [0.717, 1.165) is 12.3 Å². The van der Waals surface area contributed by atoms with Crippen LogP contribution in [0.2, 0.25) is 0 Å². The van der Waals surface area contributed by atoms with Crippen LogP contribution in [0.3, 0.4) is 0 Å². The van der Waals surface area contributed by atoms with Crippen molar-refractivity contribution in [3.05, 3.63) is 28.8 Å². The van der Waals surface area contributed by atoms with Crippen LogP contribution in [0.15, 0.2) is 12.1 Å². The Balaban J connectivity index is 2.05. The first-order valence-electron chi connectivity index (χ1n) is 11.1. The predicted octanol–water partition coefficient (Wildman–Crippen LogP) is 5.55. The summed E-state index contributed by atoms with van der Waals surface area (Å²) in [6.45, 7) is 16.8. The third kappa shape index (κ3) is 3.10. The second-order valence-corrected chi connectivity index (χ2v) is 10.4. The lowest BCUT2D eigenvalue weighted by atomic mass is 9.46. The molecular formula is C25H39NO2. The summed E-state index contributed by atoms with van der Waals surface area (Å²) in [5.74, 6) is 1.64. The molecule has 0 heterocycles. The highest BCUT2D eigenvalue weighted by Crippen LogP contribution is 2.65. The molecule has 4 atom stereocenters. The lowest BCUT2D eigenvalue weighted by Gasteiger charge is -2.58. The number of carbonyl (C=O) groups is 1. The second-order valence-electron chi connectivity index (χ2n) is 10.4. The fourth-order valence-electron chi connectivity index (χ4n) is 6.95. The zero-order chi connectivity index (χ0) is 20.9. The van der Waals surface area contributed by atoms with Crippen LogP contribution in [-0.2, 0) is 16.6 Å². The molecule has 2 aliphatic rings. The average Bonchev–Trinajstić information content (AvgIpc) is 2.95. The Hall–Kier alpha value is -1.35. The van der Waals surface area contributed by atoms with Crippen molar-refractivity contribution in [3.63, 3.8) is 0 Å². The molecule has 3 nitrogen and oxygen atoms in total. The molecular weight excluding hydrogens is 346 g/mol. The minimum absolute atomic E-state index is 0.0852. The quantitative estimate of drug-likeness (QED) is 0.534. The van der Waals surface area contributed by atoms with E-state index in [1.54, 1.807) is 0 Å². The molecule has 0 aliphatic heterocycles. The molecule has 1 fully saturated rings. The molecule has 1 saturated carbocycles. The van der Waals surface area contributed by atoms with E-state index in [1.165, 1.54) is 42.4 Å². The zero-order valence-electron chi connectivity index (χ0n) is 18.9. The maximum absolute atomic E-state index is 11.7. The Morgan fingerprint density at radius 3 is 2.54 bits per heavy atom. The van der Waals surface area contributed by atoms with Crippen molar-refractivity contribution >= 4 is 5.97 Å². The summed E-state index contributed by atoms with van der Waals surface area (Å²) >= 11 is 0. The molecule has 156 valence electrons. The van der Waals surface area contributed by atoms with Gasteiger partial charge in [0.25, 0.3) is 0 Å². The fraction of sp³-hybridized carbons (Fsp3) is 0.720. The minimum atomic E-state index is -0.371. The normalized spacial score (nSPS) is 32.0. The van der Waals surface area contributed by atoms with Crippen LogP contribution in [0.5, 0.6) is 5.75 Å². The number of rotatable bonds is 5. The van der Waals surface area contributed by atoms with Crippen molar-refractivity contribution in [2.45, 2.75) is 86.0 Å². The third-order valence-corrected chi connectivity index (χ3v) is 8.71. The van der Waals surface area contributed by atoms with Gasteiger partial charge in [-0.3, -0.25) is 4.79 Å². The molecule has 1 aromatic rings. The van der Waals surface area contributed by atoms with Crippen molar-refractivity contribution in [1.82, 2.24) is 0 Å². The van der Waals surface area contributed by atoms with E-state index in [0.29, 0.717) is 22.5 Å². The molecule has 0 unspecified atom stereocenters. The number of ether oxygens (including phenoxy) is 1. The molecule has 1 aromatic carbocycles. The molecule has 28 heavy (non-hydrogen) atoms. The highest BCUT2D eigenvalue weighted by Gasteiger charge is 2.59. The van der Waals surface area contributed by atoms with Gasteiger partial charge in [0.2, 0.25) is 0 Å². The molecule has 2 aliphatic carbocycles. The molecule has 0 amide bonds. The lowest BCUT2D eigenvalue weighted by Crippen LogP contribution is -2.52. The highest BCUT2D eigenvalue weighted by atomic mass is 16.5. The van der Waals surface area contributed by atoms with Gasteiger partial charge >= 0.3 is 5.97 Å². The number of benzene rings is 1. The molecule has 0 radical (unpaired) electrons. The van der Waals surface area contributed by atoms with E-state index in [2.05, 4.69) is 54.5 Å². The number of carbonyl (C=O) groups excluding carboxylic acids is 1. The van der Waals surface area contributed by atoms with Gasteiger partial charge in [0.15, 0.2) is 0 Å². The van der Waals surface area contributed by atoms with E-state index in [-0.39, 0.29) is 17.9 Å². The first kappa shape index (κ1) is 21.4. The number of aryl methyl sites for hydroxylation is 1. The van der Waals surface area contributed by atoms with Crippen LogP contribution in [0, 0.1) is 29.6 Å². The molecule has 0 bridgehead atoms. The number of hydrogen-bond acceptors (Lipinski definition) is 3. The minimum Gasteiger partial charge on any atom is -0.426 e. The Bertz CT molecular complexity index is 768. The first-order chi connectivity index (χ1) is 13.0. The van der Waals surface area contributed by atoms with Gasteiger partial charge in [0, 0.05) is 0 Å². The SMILES string of the molecule is CCC(C)(C)[C@@H]1CC[C@@]2(C)c3c(C)cc(OC(=O)CN)cc3C[C@@H]2[C@@]1(C)CC. The van der Waals surface area contributed by atoms with Gasteiger partial charge in [0.1, 0.15) is 5.75 Å². The Morgan fingerprint density at radius 1 is 1.29 bits per heavy atom. The van der Waals surface area contributed by atoms with Gasteiger partial charge in [-0.05, 0) is 83.1 Å². The number of hydrogen-bond donors (Lipinski definition) is 1. The van der Waals surface area contributed by atoms with Gasteiger partial charge in [-0.15, -0.1) is 0 Å². The standard InChI is InChI=1S/C25H39NO2/c1-8-23(4,5)19-10-11-25(7)20(24(19,6)9-2)14-17-13-18(28-21(27)15-26)12-16(3)22(17)25/h12-13,19-20H,8-11,14-15,26H2,1-7H3/t19-,20+,24-,25+/m0/s1. The first-order valence-corrected chi connectivity index (χ1v) is 11.1. The maximum Gasteiger partial charge on any atom is 0.325 e. The third-order valence-electron chi connectivity index (χ3n) is 8.71. The Morgan fingerprint density at radius 2 is 1.96 bits per heavy atom. The summed E-state index contributed by atoms with van der Waals surface area (Å²) in [5, 5.41) is 0. The molecule has 2 N–H and O–H groups in total. The summed E-state index contributed by atoms with van der Waals surface area (Å²) in [4.78, 5) is 11.7. The van der Waals surface area contributed by atoms with Gasteiger partial charge in [-0.25, -0.2) is 0 Å². The lowest BCUT2D eigenvalue weighted by molar-refractivity contribution is -0.132. The number of fused-ring (bicyclic) bond motifs is 3. The van der Waals surface area contributed by atoms with Crippen molar-refractivity contribution < 1.29 is 9.53 Å². The average molecular weight is 386 g/mol. The monoisotopic (exact) mass is 385 g/mol. The smallest absolute Gasteiger partial charge is 0.325 e. The summed E-state index contributed by atoms with van der Waals surface area (Å²) in [6.07, 6.45) is 6.06. The van der Waals surface area contributed by atoms with Crippen LogP contribution in [0.25, 0.3) is 0 Å². The summed E-state index contributed by atoms with van der Waals surface area (Å²) in [6, 6.07) is 4.14. The van der Waals surface area contributed by atoms with E-state index in [1.807, 2.05) is 6.07 Å². The van der Waals surface area contributed by atoms with Crippen LogP contribution < -0.4 is 10.5 Å². The number of esters is 1. The Labute approximate surface area is 171 Å². The summed E-state index contributed by atoms with van der Waals surface area (Å²) in [7, 11) is 0. The predicted molar refractivity (Wildman–Crippen MR) is 116 cm³/mol. The molecule has 0 spiro atoms. The fourth-order valence-corrected chi connectivity index (χ4v) is 6.95. The van der Waals surface area contributed by atoms with Crippen molar-refractivity contribution in [2.24, 2.45) is 28.4 Å². The van der Waals surface area contributed by atoms with Gasteiger partial charge < -0.3 is 10.5 Å². The largest absolute Gasteiger partial charge is 0.426 e. The van der Waals surface area contributed by atoms with Crippen LogP contribution >= 0.6 is 0 Å². The summed E-state index contributed by atoms with van der Waals surface area (Å²) < 4.78 is 5.46. The topological polar surface area (TPSA) is 52.3 Å². The van der Waals surface area contributed by atoms with Crippen molar-refractivity contribution in [1.29, 1.82) is 0 Å². The molecule has 3 heteroatoms. The van der Waals surface area contributed by atoms with Gasteiger partial charge in [-0.2, -0.15) is 0 Å².